The number of halogens is 4. The van der Waals surface area contributed by atoms with Crippen LogP contribution in [0.1, 0.15) is 0 Å². The van der Waals surface area contributed by atoms with Crippen LogP contribution in [0.15, 0.2) is 36.4 Å². The smallest absolute Gasteiger partial charge is 0.439 e. The molecule has 2 N–H and O–H groups in total. The van der Waals surface area contributed by atoms with Gasteiger partial charge in [0.1, 0.15) is 16.7 Å². The first-order valence-electron chi connectivity index (χ1n) is 5.28. The number of nitrogens with two attached hydrogens (primary N) is 1. The first kappa shape index (κ1) is 14.3. The van der Waals surface area contributed by atoms with Crippen molar-refractivity contribution in [1.29, 1.82) is 0 Å². The summed E-state index contributed by atoms with van der Waals surface area (Å²) < 4.78 is 45.0. The third-order valence-electron chi connectivity index (χ3n) is 2.07. The van der Waals surface area contributed by atoms with Gasteiger partial charge in [0, 0.05) is 11.8 Å². The summed E-state index contributed by atoms with van der Waals surface area (Å²) in [4.78, 5) is 3.86. The fourth-order valence-electron chi connectivity index (χ4n) is 1.37. The van der Waals surface area contributed by atoms with Gasteiger partial charge in [0.2, 0.25) is 5.88 Å². The molecule has 0 radical (unpaired) electrons. The standard InChI is InChI=1S/C12H8ClF3N2O2/c13-10-5-7(17)6-11(18-10)19-8-1-3-9(4-2-8)20-12(14,15)16/h1-6H,(H2,17,18). The molecule has 0 fully saturated rings. The molecule has 1 heterocycles. The van der Waals surface area contributed by atoms with Gasteiger partial charge in [-0.2, -0.15) is 0 Å². The molecule has 106 valence electrons. The van der Waals surface area contributed by atoms with Crippen molar-refractivity contribution < 1.29 is 22.6 Å². The Morgan fingerprint density at radius 3 is 2.20 bits per heavy atom. The molecule has 4 nitrogen and oxygen atoms in total. The molecule has 0 aliphatic heterocycles. The van der Waals surface area contributed by atoms with Gasteiger partial charge in [-0.05, 0) is 30.3 Å². The largest absolute Gasteiger partial charge is 0.573 e. The molecule has 1 aromatic carbocycles. The van der Waals surface area contributed by atoms with E-state index >= 15 is 0 Å². The van der Waals surface area contributed by atoms with Crippen LogP contribution in [0, 0.1) is 0 Å². The van der Waals surface area contributed by atoms with Crippen molar-refractivity contribution in [3.8, 4) is 17.4 Å². The summed E-state index contributed by atoms with van der Waals surface area (Å²) in [6.45, 7) is 0. The molecule has 0 saturated carbocycles. The molecule has 0 aliphatic rings. The Balaban J connectivity index is 2.10. The Kier molecular flexibility index (Phi) is 3.89. The van der Waals surface area contributed by atoms with E-state index in [2.05, 4.69) is 9.72 Å². The highest BCUT2D eigenvalue weighted by molar-refractivity contribution is 6.29. The summed E-state index contributed by atoms with van der Waals surface area (Å²) in [5.74, 6) is 0.0663. The zero-order valence-corrected chi connectivity index (χ0v) is 10.6. The van der Waals surface area contributed by atoms with Crippen molar-refractivity contribution in [2.75, 3.05) is 5.73 Å². The van der Waals surface area contributed by atoms with E-state index in [1.165, 1.54) is 24.3 Å². The molecule has 2 aromatic rings. The molecule has 0 bridgehead atoms. The van der Waals surface area contributed by atoms with Crippen molar-refractivity contribution in [2.24, 2.45) is 0 Å². The van der Waals surface area contributed by atoms with Crippen LogP contribution in [-0.2, 0) is 0 Å². The summed E-state index contributed by atoms with van der Waals surface area (Å²) in [5, 5.41) is 0.150. The summed E-state index contributed by atoms with van der Waals surface area (Å²) >= 11 is 5.70. The number of hydrogen-bond donors (Lipinski definition) is 1. The van der Waals surface area contributed by atoms with Gasteiger partial charge in [0.25, 0.3) is 0 Å². The maximum atomic E-state index is 12.0. The molecule has 0 aliphatic carbocycles. The fraction of sp³-hybridized carbons (Fsp3) is 0.0833. The number of rotatable bonds is 3. The Morgan fingerprint density at radius 2 is 1.65 bits per heavy atom. The van der Waals surface area contributed by atoms with Crippen molar-refractivity contribution >= 4 is 17.3 Å². The summed E-state index contributed by atoms with van der Waals surface area (Å²) in [6, 6.07) is 7.73. The molecule has 8 heteroatoms. The Hall–Kier alpha value is -2.15. The van der Waals surface area contributed by atoms with Crippen LogP contribution in [-0.4, -0.2) is 11.3 Å². The number of alkyl halides is 3. The number of anilines is 1. The normalized spacial score (nSPS) is 11.2. The summed E-state index contributed by atoms with van der Waals surface area (Å²) in [5.41, 5.74) is 5.92. The average Bonchev–Trinajstić information content (AvgIpc) is 2.28. The minimum atomic E-state index is -4.73. The van der Waals surface area contributed by atoms with E-state index in [1.54, 1.807) is 0 Å². The van der Waals surface area contributed by atoms with E-state index in [-0.39, 0.29) is 22.5 Å². The van der Waals surface area contributed by atoms with Gasteiger partial charge >= 0.3 is 6.36 Å². The van der Waals surface area contributed by atoms with Gasteiger partial charge in [-0.1, -0.05) is 11.6 Å². The molecule has 0 atom stereocenters. The Morgan fingerprint density at radius 1 is 1.05 bits per heavy atom. The first-order chi connectivity index (χ1) is 9.32. The van der Waals surface area contributed by atoms with E-state index in [9.17, 15) is 13.2 Å². The average molecular weight is 305 g/mol. The number of nitrogens with zero attached hydrogens (tertiary/aromatic N) is 1. The third-order valence-corrected chi connectivity index (χ3v) is 2.27. The van der Waals surface area contributed by atoms with Gasteiger partial charge in [-0.3, -0.25) is 0 Å². The summed E-state index contributed by atoms with van der Waals surface area (Å²) in [7, 11) is 0. The van der Waals surface area contributed by atoms with Crippen molar-refractivity contribution in [3.63, 3.8) is 0 Å². The van der Waals surface area contributed by atoms with Gasteiger partial charge in [-0.25, -0.2) is 4.98 Å². The molecule has 0 spiro atoms. The van der Waals surface area contributed by atoms with Crippen LogP contribution in [0.2, 0.25) is 5.15 Å². The van der Waals surface area contributed by atoms with Crippen LogP contribution in [0.4, 0.5) is 18.9 Å². The molecule has 0 unspecified atom stereocenters. The predicted molar refractivity (Wildman–Crippen MR) is 66.9 cm³/mol. The molecule has 1 aromatic heterocycles. The lowest BCUT2D eigenvalue weighted by Gasteiger charge is -2.10. The number of aromatic nitrogens is 1. The second-order valence-electron chi connectivity index (χ2n) is 3.68. The maximum Gasteiger partial charge on any atom is 0.573 e. The van der Waals surface area contributed by atoms with Crippen molar-refractivity contribution in [2.45, 2.75) is 6.36 Å². The quantitative estimate of drug-likeness (QED) is 0.871. The lowest BCUT2D eigenvalue weighted by Crippen LogP contribution is -2.16. The lowest BCUT2D eigenvalue weighted by molar-refractivity contribution is -0.274. The van der Waals surface area contributed by atoms with Gasteiger partial charge in [0.15, 0.2) is 0 Å². The van der Waals surface area contributed by atoms with Gasteiger partial charge in [-0.15, -0.1) is 13.2 Å². The lowest BCUT2D eigenvalue weighted by atomic mass is 10.3. The SMILES string of the molecule is Nc1cc(Cl)nc(Oc2ccc(OC(F)(F)F)cc2)c1. The molecule has 0 amide bonds. The van der Waals surface area contributed by atoms with Crippen LogP contribution < -0.4 is 15.2 Å². The van der Waals surface area contributed by atoms with Crippen LogP contribution in [0.5, 0.6) is 17.4 Å². The zero-order valence-electron chi connectivity index (χ0n) is 9.82. The van der Waals surface area contributed by atoms with E-state index in [0.717, 1.165) is 12.1 Å². The van der Waals surface area contributed by atoms with E-state index in [0.29, 0.717) is 5.69 Å². The number of pyridine rings is 1. The Bertz CT molecular complexity index is 582. The monoisotopic (exact) mass is 304 g/mol. The van der Waals surface area contributed by atoms with Gasteiger partial charge < -0.3 is 15.2 Å². The zero-order chi connectivity index (χ0) is 14.8. The van der Waals surface area contributed by atoms with Crippen molar-refractivity contribution in [3.05, 3.63) is 41.6 Å². The number of ether oxygens (including phenoxy) is 2. The van der Waals surface area contributed by atoms with E-state index in [4.69, 9.17) is 22.1 Å². The molecule has 0 saturated heterocycles. The van der Waals surface area contributed by atoms with Crippen LogP contribution in [0.25, 0.3) is 0 Å². The van der Waals surface area contributed by atoms with E-state index < -0.39 is 6.36 Å². The van der Waals surface area contributed by atoms with Crippen LogP contribution in [0.3, 0.4) is 0 Å². The fourth-order valence-corrected chi connectivity index (χ4v) is 1.58. The molecule has 2 rings (SSSR count). The highest BCUT2D eigenvalue weighted by Crippen LogP contribution is 2.27. The first-order valence-corrected chi connectivity index (χ1v) is 5.66. The second-order valence-corrected chi connectivity index (χ2v) is 4.07. The molecule has 20 heavy (non-hydrogen) atoms. The minimum absolute atomic E-state index is 0.138. The molecular weight excluding hydrogens is 297 g/mol. The topological polar surface area (TPSA) is 57.4 Å². The number of nitrogen functional groups attached to an aromatic ring is 1. The summed E-state index contributed by atoms with van der Waals surface area (Å²) in [6.07, 6.45) is -4.73. The second kappa shape index (κ2) is 5.46. The maximum absolute atomic E-state index is 12.0. The predicted octanol–water partition coefficient (Wildman–Crippen LogP) is 4.01. The highest BCUT2D eigenvalue weighted by atomic mass is 35.5. The Labute approximate surface area is 116 Å². The van der Waals surface area contributed by atoms with E-state index in [1.807, 2.05) is 0 Å². The van der Waals surface area contributed by atoms with Crippen molar-refractivity contribution in [1.82, 2.24) is 4.98 Å². The number of hydrogen-bond acceptors (Lipinski definition) is 4. The highest BCUT2D eigenvalue weighted by Gasteiger charge is 2.30. The molecular formula is C12H8ClF3N2O2. The van der Waals surface area contributed by atoms with Crippen LogP contribution >= 0.6 is 11.6 Å². The van der Waals surface area contributed by atoms with Gasteiger partial charge in [0.05, 0.1) is 0 Å². The minimum Gasteiger partial charge on any atom is -0.439 e. The third kappa shape index (κ3) is 4.20. The number of benzene rings is 1.